The first-order chi connectivity index (χ1) is 7.51. The minimum atomic E-state index is -0.0472. The summed E-state index contributed by atoms with van der Waals surface area (Å²) in [5.41, 5.74) is 5.72. The number of aromatic nitrogens is 1. The second kappa shape index (κ2) is 5.16. The third-order valence-electron chi connectivity index (χ3n) is 2.29. The Kier molecular flexibility index (Phi) is 4.12. The van der Waals surface area contributed by atoms with Gasteiger partial charge >= 0.3 is 0 Å². The quantitative estimate of drug-likeness (QED) is 0.842. The van der Waals surface area contributed by atoms with Crippen LogP contribution in [0.4, 0.5) is 10.9 Å². The largest absolute Gasteiger partial charge is 0.382 e. The third-order valence-corrected chi connectivity index (χ3v) is 3.36. The molecule has 0 bridgehead atoms. The molecular formula is C10H18N4OS. The fraction of sp³-hybridized carbons (Fsp3) is 0.600. The van der Waals surface area contributed by atoms with Crippen LogP contribution < -0.4 is 11.1 Å². The summed E-state index contributed by atoms with van der Waals surface area (Å²) in [7, 11) is 1.76. The van der Waals surface area contributed by atoms with E-state index in [4.69, 9.17) is 5.73 Å². The summed E-state index contributed by atoms with van der Waals surface area (Å²) in [6, 6.07) is 0.164. The summed E-state index contributed by atoms with van der Waals surface area (Å²) in [6.07, 6.45) is 0. The van der Waals surface area contributed by atoms with Crippen LogP contribution in [0.15, 0.2) is 0 Å². The van der Waals surface area contributed by atoms with Crippen molar-refractivity contribution in [2.24, 2.45) is 0 Å². The van der Waals surface area contributed by atoms with Gasteiger partial charge in [0.05, 0.1) is 0 Å². The Bertz CT molecular complexity index is 375. The lowest BCUT2D eigenvalue weighted by molar-refractivity contribution is 0.0722. The molecule has 0 spiro atoms. The maximum atomic E-state index is 12.2. The molecule has 0 aliphatic carbocycles. The van der Waals surface area contributed by atoms with E-state index < -0.39 is 0 Å². The number of thiazole rings is 1. The van der Waals surface area contributed by atoms with E-state index in [1.807, 2.05) is 20.8 Å². The SMILES string of the molecule is CCN(C(=O)c1sc(NC)nc1N)C(C)C. The van der Waals surface area contributed by atoms with Gasteiger partial charge in [-0.25, -0.2) is 4.98 Å². The highest BCUT2D eigenvalue weighted by atomic mass is 32.1. The van der Waals surface area contributed by atoms with Crippen LogP contribution in [-0.4, -0.2) is 35.4 Å². The summed E-state index contributed by atoms with van der Waals surface area (Å²) >= 11 is 1.29. The van der Waals surface area contributed by atoms with Gasteiger partial charge in [0.1, 0.15) is 10.7 Å². The molecule has 1 heterocycles. The molecule has 1 aromatic rings. The predicted octanol–water partition coefficient (Wildman–Crippen LogP) is 1.64. The van der Waals surface area contributed by atoms with E-state index in [1.54, 1.807) is 11.9 Å². The minimum absolute atomic E-state index is 0.0472. The Hall–Kier alpha value is -1.30. The minimum Gasteiger partial charge on any atom is -0.382 e. The van der Waals surface area contributed by atoms with Crippen LogP contribution in [0.3, 0.4) is 0 Å². The first-order valence-corrected chi connectivity index (χ1v) is 6.07. The van der Waals surface area contributed by atoms with Crippen molar-refractivity contribution in [3.63, 3.8) is 0 Å². The highest BCUT2D eigenvalue weighted by Crippen LogP contribution is 2.26. The van der Waals surface area contributed by atoms with Crippen LogP contribution in [0.2, 0.25) is 0 Å². The summed E-state index contributed by atoms with van der Waals surface area (Å²) in [4.78, 5) is 18.5. The number of hydrogen-bond donors (Lipinski definition) is 2. The van der Waals surface area contributed by atoms with Crippen LogP contribution in [0, 0.1) is 0 Å². The smallest absolute Gasteiger partial charge is 0.268 e. The highest BCUT2D eigenvalue weighted by Gasteiger charge is 2.22. The van der Waals surface area contributed by atoms with Gasteiger partial charge in [-0.15, -0.1) is 0 Å². The number of nitrogens with zero attached hydrogens (tertiary/aromatic N) is 2. The normalized spacial score (nSPS) is 10.6. The van der Waals surface area contributed by atoms with Crippen molar-refractivity contribution in [3.05, 3.63) is 4.88 Å². The molecule has 0 fully saturated rings. The van der Waals surface area contributed by atoms with E-state index in [0.29, 0.717) is 22.4 Å². The molecule has 16 heavy (non-hydrogen) atoms. The van der Waals surface area contributed by atoms with Gasteiger partial charge in [-0.05, 0) is 20.8 Å². The van der Waals surface area contributed by atoms with Gasteiger partial charge in [-0.1, -0.05) is 11.3 Å². The number of hydrogen-bond acceptors (Lipinski definition) is 5. The molecule has 1 aromatic heterocycles. The van der Waals surface area contributed by atoms with Crippen molar-refractivity contribution < 1.29 is 4.79 Å². The van der Waals surface area contributed by atoms with Crippen LogP contribution in [0.25, 0.3) is 0 Å². The number of rotatable bonds is 4. The van der Waals surface area contributed by atoms with Gasteiger partial charge in [-0.3, -0.25) is 4.79 Å². The monoisotopic (exact) mass is 242 g/mol. The molecule has 3 N–H and O–H groups in total. The standard InChI is InChI=1S/C10H18N4OS/c1-5-14(6(2)3)9(15)7-8(11)13-10(12-4)16-7/h6H,5,11H2,1-4H3,(H,12,13). The van der Waals surface area contributed by atoms with Crippen molar-refractivity contribution in [2.75, 3.05) is 24.6 Å². The van der Waals surface area contributed by atoms with E-state index in [2.05, 4.69) is 10.3 Å². The number of nitrogens with two attached hydrogens (primary N) is 1. The Labute approximate surface area is 99.7 Å². The molecule has 6 heteroatoms. The van der Waals surface area contributed by atoms with Gasteiger partial charge in [0.15, 0.2) is 5.13 Å². The summed E-state index contributed by atoms with van der Waals surface area (Å²) in [5, 5.41) is 3.55. The molecular weight excluding hydrogens is 224 g/mol. The molecule has 90 valence electrons. The highest BCUT2D eigenvalue weighted by molar-refractivity contribution is 7.18. The third kappa shape index (κ3) is 2.44. The summed E-state index contributed by atoms with van der Waals surface area (Å²) in [5.74, 6) is 0.257. The van der Waals surface area contributed by atoms with Crippen molar-refractivity contribution in [1.82, 2.24) is 9.88 Å². The van der Waals surface area contributed by atoms with Gasteiger partial charge in [0.2, 0.25) is 0 Å². The van der Waals surface area contributed by atoms with Crippen LogP contribution in [0.1, 0.15) is 30.4 Å². The molecule has 0 aliphatic rings. The van der Waals surface area contributed by atoms with Gasteiger partial charge in [0, 0.05) is 19.6 Å². The van der Waals surface area contributed by atoms with Crippen LogP contribution in [0.5, 0.6) is 0 Å². The number of anilines is 2. The van der Waals surface area contributed by atoms with Crippen molar-refractivity contribution in [2.45, 2.75) is 26.8 Å². The average molecular weight is 242 g/mol. The first kappa shape index (κ1) is 12.8. The molecule has 1 amide bonds. The van der Waals surface area contributed by atoms with E-state index in [-0.39, 0.29) is 11.9 Å². The Morgan fingerprint density at radius 1 is 1.62 bits per heavy atom. The second-order valence-electron chi connectivity index (χ2n) is 3.67. The second-order valence-corrected chi connectivity index (χ2v) is 4.67. The molecule has 0 aromatic carbocycles. The fourth-order valence-electron chi connectivity index (χ4n) is 1.47. The van der Waals surface area contributed by atoms with Crippen molar-refractivity contribution in [3.8, 4) is 0 Å². The van der Waals surface area contributed by atoms with Crippen molar-refractivity contribution in [1.29, 1.82) is 0 Å². The molecule has 1 rings (SSSR count). The number of nitrogens with one attached hydrogen (secondary N) is 1. The maximum absolute atomic E-state index is 12.2. The number of carbonyl (C=O) groups excluding carboxylic acids is 1. The summed E-state index contributed by atoms with van der Waals surface area (Å²) < 4.78 is 0. The molecule has 5 nitrogen and oxygen atoms in total. The van der Waals surface area contributed by atoms with Crippen LogP contribution in [-0.2, 0) is 0 Å². The zero-order valence-electron chi connectivity index (χ0n) is 10.1. The molecule has 0 saturated carbocycles. The first-order valence-electron chi connectivity index (χ1n) is 5.26. The zero-order chi connectivity index (χ0) is 12.3. The Morgan fingerprint density at radius 2 is 2.25 bits per heavy atom. The zero-order valence-corrected chi connectivity index (χ0v) is 10.9. The molecule has 0 atom stereocenters. The number of nitrogen functional groups attached to an aromatic ring is 1. The van der Waals surface area contributed by atoms with Crippen molar-refractivity contribution >= 4 is 28.2 Å². The van der Waals surface area contributed by atoms with Gasteiger partial charge in [0.25, 0.3) is 5.91 Å². The van der Waals surface area contributed by atoms with E-state index in [1.165, 1.54) is 11.3 Å². The topological polar surface area (TPSA) is 71.2 Å². The van der Waals surface area contributed by atoms with Gasteiger partial charge < -0.3 is 16.0 Å². The fourth-order valence-corrected chi connectivity index (χ4v) is 2.26. The maximum Gasteiger partial charge on any atom is 0.268 e. The molecule has 0 radical (unpaired) electrons. The Balaban J connectivity index is 2.98. The molecule has 0 aliphatic heterocycles. The lowest BCUT2D eigenvalue weighted by Crippen LogP contribution is -2.36. The number of amides is 1. The van der Waals surface area contributed by atoms with E-state index >= 15 is 0 Å². The van der Waals surface area contributed by atoms with Crippen LogP contribution >= 0.6 is 11.3 Å². The van der Waals surface area contributed by atoms with E-state index in [9.17, 15) is 4.79 Å². The lowest BCUT2D eigenvalue weighted by atomic mass is 10.3. The number of carbonyl (C=O) groups is 1. The Morgan fingerprint density at radius 3 is 2.62 bits per heavy atom. The van der Waals surface area contributed by atoms with Gasteiger partial charge in [-0.2, -0.15) is 0 Å². The predicted molar refractivity (Wildman–Crippen MR) is 67.9 cm³/mol. The molecule has 0 saturated heterocycles. The molecule has 0 unspecified atom stereocenters. The van der Waals surface area contributed by atoms with E-state index in [0.717, 1.165) is 0 Å². The average Bonchev–Trinajstić information content (AvgIpc) is 2.60. The lowest BCUT2D eigenvalue weighted by Gasteiger charge is -2.24. The summed E-state index contributed by atoms with van der Waals surface area (Å²) in [6.45, 7) is 6.59.